The lowest BCUT2D eigenvalue weighted by Gasteiger charge is -2.20. The lowest BCUT2D eigenvalue weighted by Crippen LogP contribution is -2.27. The van der Waals surface area contributed by atoms with Gasteiger partial charge in [0.25, 0.3) is 0 Å². The zero-order valence-corrected chi connectivity index (χ0v) is 12.0. The minimum Gasteiger partial charge on any atom is -0.497 e. The van der Waals surface area contributed by atoms with Gasteiger partial charge in [0.15, 0.2) is 0 Å². The molecule has 1 heterocycles. The van der Waals surface area contributed by atoms with Crippen molar-refractivity contribution in [2.24, 2.45) is 0 Å². The number of hydrogen-bond acceptors (Lipinski definition) is 3. The Hall–Kier alpha value is -1.97. The van der Waals surface area contributed by atoms with Gasteiger partial charge in [-0.1, -0.05) is 0 Å². The molecule has 2 rings (SSSR count). The van der Waals surface area contributed by atoms with E-state index in [2.05, 4.69) is 0 Å². The van der Waals surface area contributed by atoms with Crippen LogP contribution in [0, 0.1) is 6.92 Å². The third kappa shape index (κ3) is 2.72. The summed E-state index contributed by atoms with van der Waals surface area (Å²) in [6, 6.07) is 7.55. The first-order valence-corrected chi connectivity index (χ1v) is 6.21. The van der Waals surface area contributed by atoms with Crippen molar-refractivity contribution in [3.05, 3.63) is 30.0 Å². The first-order chi connectivity index (χ1) is 8.81. The SMILES string of the molecule is COc1ccc2c(c1)cc(C)n2C(=O)OC(C)(C)C. The zero-order chi connectivity index (χ0) is 14.2. The molecule has 0 bridgehead atoms. The molecule has 4 heteroatoms. The molecule has 0 fully saturated rings. The molecule has 0 amide bonds. The molecule has 0 saturated carbocycles. The van der Waals surface area contributed by atoms with Crippen molar-refractivity contribution < 1.29 is 14.3 Å². The summed E-state index contributed by atoms with van der Waals surface area (Å²) < 4.78 is 12.2. The van der Waals surface area contributed by atoms with E-state index in [0.717, 1.165) is 22.3 Å². The van der Waals surface area contributed by atoms with Crippen LogP contribution in [-0.4, -0.2) is 23.4 Å². The van der Waals surface area contributed by atoms with Gasteiger partial charge in [0, 0.05) is 11.1 Å². The van der Waals surface area contributed by atoms with Gasteiger partial charge in [-0.15, -0.1) is 0 Å². The molecular weight excluding hydrogens is 242 g/mol. The van der Waals surface area contributed by atoms with Crippen LogP contribution < -0.4 is 4.74 Å². The number of benzene rings is 1. The standard InChI is InChI=1S/C15H19NO3/c1-10-8-11-9-12(18-5)6-7-13(11)16(10)14(17)19-15(2,3)4/h6-9H,1-5H3. The fraction of sp³-hybridized carbons (Fsp3) is 0.400. The summed E-state index contributed by atoms with van der Waals surface area (Å²) in [6.45, 7) is 7.45. The van der Waals surface area contributed by atoms with Gasteiger partial charge in [-0.25, -0.2) is 9.36 Å². The minimum atomic E-state index is -0.507. The maximum atomic E-state index is 12.2. The van der Waals surface area contributed by atoms with Crippen molar-refractivity contribution in [3.63, 3.8) is 0 Å². The number of carbonyl (C=O) groups excluding carboxylic acids is 1. The van der Waals surface area contributed by atoms with Crippen LogP contribution in [0.15, 0.2) is 24.3 Å². The fourth-order valence-corrected chi connectivity index (χ4v) is 2.01. The fourth-order valence-electron chi connectivity index (χ4n) is 2.01. The van der Waals surface area contributed by atoms with Gasteiger partial charge in [0.05, 0.1) is 12.6 Å². The van der Waals surface area contributed by atoms with Crippen molar-refractivity contribution in [3.8, 4) is 5.75 Å². The molecule has 0 aliphatic heterocycles. The summed E-state index contributed by atoms with van der Waals surface area (Å²) in [5.41, 5.74) is 1.16. The summed E-state index contributed by atoms with van der Waals surface area (Å²) in [4.78, 5) is 12.2. The van der Waals surface area contributed by atoms with E-state index in [9.17, 15) is 4.79 Å². The Morgan fingerprint density at radius 1 is 1.21 bits per heavy atom. The van der Waals surface area contributed by atoms with Crippen molar-refractivity contribution in [2.75, 3.05) is 7.11 Å². The second kappa shape index (κ2) is 4.61. The van der Waals surface area contributed by atoms with Crippen molar-refractivity contribution in [1.82, 2.24) is 4.57 Å². The second-order valence-corrected chi connectivity index (χ2v) is 5.53. The predicted molar refractivity (Wildman–Crippen MR) is 74.9 cm³/mol. The molecule has 0 aliphatic carbocycles. The van der Waals surface area contributed by atoms with Crippen molar-refractivity contribution in [1.29, 1.82) is 0 Å². The Morgan fingerprint density at radius 3 is 2.47 bits per heavy atom. The van der Waals surface area contributed by atoms with E-state index in [1.54, 1.807) is 11.7 Å². The highest BCUT2D eigenvalue weighted by atomic mass is 16.6. The van der Waals surface area contributed by atoms with Crippen LogP contribution in [0.1, 0.15) is 26.5 Å². The number of methoxy groups -OCH3 is 1. The molecule has 0 spiro atoms. The van der Waals surface area contributed by atoms with Crippen LogP contribution in [0.5, 0.6) is 5.75 Å². The van der Waals surface area contributed by atoms with Gasteiger partial charge < -0.3 is 9.47 Å². The van der Waals surface area contributed by atoms with Crippen LogP contribution in [-0.2, 0) is 4.74 Å². The number of aromatic nitrogens is 1. The normalized spacial score (nSPS) is 11.6. The zero-order valence-electron chi connectivity index (χ0n) is 12.0. The van der Waals surface area contributed by atoms with Gasteiger partial charge in [-0.3, -0.25) is 0 Å². The molecule has 0 unspecified atom stereocenters. The van der Waals surface area contributed by atoms with E-state index in [0.29, 0.717) is 0 Å². The summed E-state index contributed by atoms with van der Waals surface area (Å²) >= 11 is 0. The Morgan fingerprint density at radius 2 is 1.89 bits per heavy atom. The Labute approximate surface area is 112 Å². The molecule has 0 N–H and O–H groups in total. The number of nitrogens with zero attached hydrogens (tertiary/aromatic N) is 1. The van der Waals surface area contributed by atoms with E-state index < -0.39 is 5.60 Å². The second-order valence-electron chi connectivity index (χ2n) is 5.53. The molecule has 0 saturated heterocycles. The lowest BCUT2D eigenvalue weighted by atomic mass is 10.2. The number of carbonyl (C=O) groups is 1. The maximum Gasteiger partial charge on any atom is 0.419 e. The van der Waals surface area contributed by atoms with Gasteiger partial charge in [-0.2, -0.15) is 0 Å². The smallest absolute Gasteiger partial charge is 0.419 e. The number of rotatable bonds is 1. The third-order valence-corrected chi connectivity index (χ3v) is 2.77. The summed E-state index contributed by atoms with van der Waals surface area (Å²) in [7, 11) is 1.62. The monoisotopic (exact) mass is 261 g/mol. The van der Waals surface area contributed by atoms with Crippen molar-refractivity contribution >= 4 is 17.0 Å². The lowest BCUT2D eigenvalue weighted by molar-refractivity contribution is 0.0541. The highest BCUT2D eigenvalue weighted by Gasteiger charge is 2.20. The van der Waals surface area contributed by atoms with Crippen LogP contribution in [0.3, 0.4) is 0 Å². The third-order valence-electron chi connectivity index (χ3n) is 2.77. The minimum absolute atomic E-state index is 0.356. The van der Waals surface area contributed by atoms with E-state index in [4.69, 9.17) is 9.47 Å². The highest BCUT2D eigenvalue weighted by Crippen LogP contribution is 2.25. The van der Waals surface area contributed by atoms with Gasteiger partial charge >= 0.3 is 6.09 Å². The molecule has 1 aromatic heterocycles. The first kappa shape index (κ1) is 13.5. The maximum absolute atomic E-state index is 12.2. The molecule has 19 heavy (non-hydrogen) atoms. The molecular formula is C15H19NO3. The number of aryl methyl sites for hydroxylation is 1. The quantitative estimate of drug-likeness (QED) is 0.785. The molecule has 0 radical (unpaired) electrons. The van der Waals surface area contributed by atoms with Crippen LogP contribution >= 0.6 is 0 Å². The molecule has 0 aliphatic rings. The van der Waals surface area contributed by atoms with Gasteiger partial charge in [0.2, 0.25) is 0 Å². The average molecular weight is 261 g/mol. The van der Waals surface area contributed by atoms with Gasteiger partial charge in [-0.05, 0) is 52.0 Å². The van der Waals surface area contributed by atoms with E-state index in [-0.39, 0.29) is 6.09 Å². The van der Waals surface area contributed by atoms with E-state index in [1.165, 1.54) is 0 Å². The van der Waals surface area contributed by atoms with E-state index in [1.807, 2.05) is 52.0 Å². The molecule has 2 aromatic rings. The highest BCUT2D eigenvalue weighted by molar-refractivity contribution is 5.91. The predicted octanol–water partition coefficient (Wildman–Crippen LogP) is 3.74. The largest absolute Gasteiger partial charge is 0.497 e. The molecule has 102 valence electrons. The topological polar surface area (TPSA) is 40.5 Å². The number of hydrogen-bond donors (Lipinski definition) is 0. The van der Waals surface area contributed by atoms with Crippen LogP contribution in [0.25, 0.3) is 10.9 Å². The van der Waals surface area contributed by atoms with Crippen molar-refractivity contribution in [2.45, 2.75) is 33.3 Å². The van der Waals surface area contributed by atoms with E-state index >= 15 is 0 Å². The van der Waals surface area contributed by atoms with Crippen LogP contribution in [0.2, 0.25) is 0 Å². The molecule has 4 nitrogen and oxygen atoms in total. The summed E-state index contributed by atoms with van der Waals surface area (Å²) in [5.74, 6) is 0.772. The van der Waals surface area contributed by atoms with Gasteiger partial charge in [0.1, 0.15) is 11.4 Å². The first-order valence-electron chi connectivity index (χ1n) is 6.21. The molecule has 0 atom stereocenters. The molecule has 1 aromatic carbocycles. The Bertz CT molecular complexity index is 620. The number of ether oxygens (including phenoxy) is 2. The van der Waals surface area contributed by atoms with Crippen LogP contribution in [0.4, 0.5) is 4.79 Å². The summed E-state index contributed by atoms with van der Waals surface area (Å²) in [5, 5.41) is 0.961. The number of fused-ring (bicyclic) bond motifs is 1. The average Bonchev–Trinajstić information content (AvgIpc) is 2.61. The Kier molecular flexibility index (Phi) is 3.27. The Balaban J connectivity index is 2.49. The summed E-state index contributed by atoms with van der Waals surface area (Å²) in [6.07, 6.45) is -0.356.